The van der Waals surface area contributed by atoms with Crippen molar-refractivity contribution in [1.82, 2.24) is 10.3 Å². The maximum Gasteiger partial charge on any atom is 0.355 e. The van der Waals surface area contributed by atoms with E-state index in [-0.39, 0.29) is 11.7 Å². The van der Waals surface area contributed by atoms with Gasteiger partial charge in [-0.2, -0.15) is 0 Å². The minimum absolute atomic E-state index is 0.0169. The van der Waals surface area contributed by atoms with Gasteiger partial charge >= 0.3 is 11.9 Å². The lowest BCUT2D eigenvalue weighted by molar-refractivity contribution is -0.147. The number of hydrogen-bond acceptors (Lipinski definition) is 6. The summed E-state index contributed by atoms with van der Waals surface area (Å²) in [5, 5.41) is 14.3. The van der Waals surface area contributed by atoms with E-state index < -0.39 is 18.0 Å². The molecule has 6 nitrogen and oxygen atoms in total. The summed E-state index contributed by atoms with van der Waals surface area (Å²) in [5.74, 6) is -1.11. The molecule has 0 saturated heterocycles. The van der Waals surface area contributed by atoms with Gasteiger partial charge in [-0.1, -0.05) is 20.8 Å². The second-order valence-corrected chi connectivity index (χ2v) is 6.01. The van der Waals surface area contributed by atoms with Gasteiger partial charge in [-0.3, -0.25) is 4.79 Å². The van der Waals surface area contributed by atoms with Crippen molar-refractivity contribution in [1.29, 1.82) is 0 Å². The number of rotatable bonds is 8. The lowest BCUT2D eigenvalue weighted by atomic mass is 9.98. The summed E-state index contributed by atoms with van der Waals surface area (Å²) >= 11 is 1.20. The molecule has 1 aromatic heterocycles. The summed E-state index contributed by atoms with van der Waals surface area (Å²) in [4.78, 5) is 26.3. The number of nitrogens with one attached hydrogen (secondary N) is 1. The molecule has 1 aromatic rings. The molecule has 118 valence electrons. The summed E-state index contributed by atoms with van der Waals surface area (Å²) in [6, 6.07) is 0.163. The molecule has 0 aliphatic heterocycles. The van der Waals surface area contributed by atoms with Crippen molar-refractivity contribution < 1.29 is 19.4 Å². The Morgan fingerprint density at radius 3 is 2.57 bits per heavy atom. The molecule has 0 unspecified atom stereocenters. The van der Waals surface area contributed by atoms with Gasteiger partial charge in [-0.15, -0.1) is 11.3 Å². The molecule has 0 aliphatic carbocycles. The Morgan fingerprint density at radius 2 is 2.14 bits per heavy atom. The average molecular weight is 314 g/mol. The first-order valence-corrected chi connectivity index (χ1v) is 7.82. The molecular weight excluding hydrogens is 292 g/mol. The van der Waals surface area contributed by atoms with Crippen molar-refractivity contribution in [3.8, 4) is 0 Å². The van der Waals surface area contributed by atoms with Crippen LogP contribution in [-0.4, -0.2) is 34.6 Å². The van der Waals surface area contributed by atoms with Gasteiger partial charge < -0.3 is 15.2 Å². The highest BCUT2D eigenvalue weighted by Gasteiger charge is 2.25. The van der Waals surface area contributed by atoms with Crippen molar-refractivity contribution in [2.24, 2.45) is 5.92 Å². The molecule has 1 rings (SSSR count). The number of carboxylic acid groups (broad SMARTS) is 1. The first-order chi connectivity index (χ1) is 9.85. The van der Waals surface area contributed by atoms with Gasteiger partial charge in [0.25, 0.3) is 0 Å². The normalized spacial score (nSPS) is 14.0. The summed E-state index contributed by atoms with van der Waals surface area (Å²) in [7, 11) is 0. The fourth-order valence-electron chi connectivity index (χ4n) is 2.02. The molecule has 0 bridgehead atoms. The summed E-state index contributed by atoms with van der Waals surface area (Å²) in [6.07, 6.45) is 0.0459. The van der Waals surface area contributed by atoms with Crippen LogP contribution < -0.4 is 5.32 Å². The quantitative estimate of drug-likeness (QED) is 0.717. The van der Waals surface area contributed by atoms with Crippen LogP contribution in [0, 0.1) is 5.92 Å². The van der Waals surface area contributed by atoms with Crippen LogP contribution in [-0.2, 0) is 9.53 Å². The predicted octanol–water partition coefficient (Wildman–Crippen LogP) is 2.47. The van der Waals surface area contributed by atoms with E-state index in [1.165, 1.54) is 23.6 Å². The minimum Gasteiger partial charge on any atom is -0.476 e. The Kier molecular flexibility index (Phi) is 6.77. The Labute approximate surface area is 128 Å². The highest BCUT2D eigenvalue weighted by atomic mass is 32.1. The van der Waals surface area contributed by atoms with Gasteiger partial charge in [0.2, 0.25) is 0 Å². The average Bonchev–Trinajstić information content (AvgIpc) is 2.86. The number of thiazole rings is 1. The Morgan fingerprint density at radius 1 is 1.48 bits per heavy atom. The number of hydrogen-bond donors (Lipinski definition) is 2. The van der Waals surface area contributed by atoms with Gasteiger partial charge in [0.15, 0.2) is 11.8 Å². The predicted molar refractivity (Wildman–Crippen MR) is 80.5 cm³/mol. The van der Waals surface area contributed by atoms with E-state index in [9.17, 15) is 9.59 Å². The number of carbonyl (C=O) groups is 2. The van der Waals surface area contributed by atoms with Crippen molar-refractivity contribution >= 4 is 23.3 Å². The molecule has 0 saturated carbocycles. The number of ether oxygens (including phenoxy) is 1. The highest BCUT2D eigenvalue weighted by Crippen LogP contribution is 2.28. The molecule has 7 heteroatoms. The van der Waals surface area contributed by atoms with Crippen molar-refractivity contribution in [2.75, 3.05) is 6.54 Å². The lowest BCUT2D eigenvalue weighted by Gasteiger charge is -2.25. The van der Waals surface area contributed by atoms with Crippen molar-refractivity contribution in [3.05, 3.63) is 16.1 Å². The monoisotopic (exact) mass is 314 g/mol. The second kappa shape index (κ2) is 8.09. The van der Waals surface area contributed by atoms with E-state index in [0.717, 1.165) is 6.54 Å². The Bertz CT molecular complexity index is 487. The second-order valence-electron chi connectivity index (χ2n) is 5.12. The third kappa shape index (κ3) is 5.43. The Hall–Kier alpha value is -1.47. The van der Waals surface area contributed by atoms with E-state index in [4.69, 9.17) is 9.84 Å². The zero-order chi connectivity index (χ0) is 16.0. The van der Waals surface area contributed by atoms with Crippen LogP contribution in [0.5, 0.6) is 0 Å². The summed E-state index contributed by atoms with van der Waals surface area (Å²) in [5.41, 5.74) is -0.0169. The topological polar surface area (TPSA) is 88.5 Å². The minimum atomic E-state index is -1.08. The molecule has 0 radical (unpaired) electrons. The fraction of sp³-hybridized carbons (Fsp3) is 0.643. The first-order valence-electron chi connectivity index (χ1n) is 6.94. The third-order valence-corrected chi connectivity index (χ3v) is 4.00. The van der Waals surface area contributed by atoms with Crippen LogP contribution in [0.25, 0.3) is 0 Å². The molecule has 0 aliphatic rings. The van der Waals surface area contributed by atoms with Crippen LogP contribution in [0.4, 0.5) is 0 Å². The van der Waals surface area contributed by atoms with Crippen LogP contribution >= 0.6 is 11.3 Å². The number of carboxylic acids is 1. The Balaban J connectivity index is 2.92. The van der Waals surface area contributed by atoms with Crippen LogP contribution in [0.15, 0.2) is 5.38 Å². The number of aromatic carboxylic acids is 1. The third-order valence-electron chi connectivity index (χ3n) is 3.06. The zero-order valence-electron chi connectivity index (χ0n) is 12.8. The van der Waals surface area contributed by atoms with Gasteiger partial charge in [-0.05, 0) is 12.5 Å². The standard InChI is InChI=1S/C14H22N2O4S/c1-5-15-10(8(2)3)6-12(20-9(4)17)13-16-11(7-21-13)14(18)19/h7-8,10,12,15H,5-6H2,1-4H3,(H,18,19)/t10-,12-/m1/s1. The molecule has 0 amide bonds. The smallest absolute Gasteiger partial charge is 0.355 e. The molecule has 2 N–H and O–H groups in total. The number of esters is 1. The first kappa shape index (κ1) is 17.6. The van der Waals surface area contributed by atoms with E-state index >= 15 is 0 Å². The zero-order valence-corrected chi connectivity index (χ0v) is 13.6. The molecule has 21 heavy (non-hydrogen) atoms. The van der Waals surface area contributed by atoms with E-state index in [1.54, 1.807) is 0 Å². The van der Waals surface area contributed by atoms with Crippen molar-refractivity contribution in [3.63, 3.8) is 0 Å². The van der Waals surface area contributed by atoms with Gasteiger partial charge in [0.1, 0.15) is 5.01 Å². The maximum absolute atomic E-state index is 11.3. The van der Waals surface area contributed by atoms with Gasteiger partial charge in [0, 0.05) is 24.8 Å². The van der Waals surface area contributed by atoms with E-state index in [1.807, 2.05) is 6.92 Å². The largest absolute Gasteiger partial charge is 0.476 e. The number of carbonyl (C=O) groups excluding carboxylic acids is 1. The molecule has 2 atom stereocenters. The molecule has 0 fully saturated rings. The summed E-state index contributed by atoms with van der Waals surface area (Å²) < 4.78 is 5.33. The van der Waals surface area contributed by atoms with Gasteiger partial charge in [-0.25, -0.2) is 9.78 Å². The van der Waals surface area contributed by atoms with Crippen LogP contribution in [0.1, 0.15) is 55.7 Å². The molecule has 0 spiro atoms. The lowest BCUT2D eigenvalue weighted by Crippen LogP contribution is -2.35. The molecule has 1 heterocycles. The maximum atomic E-state index is 11.3. The highest BCUT2D eigenvalue weighted by molar-refractivity contribution is 7.09. The van der Waals surface area contributed by atoms with Crippen LogP contribution in [0.2, 0.25) is 0 Å². The van der Waals surface area contributed by atoms with E-state index in [0.29, 0.717) is 17.3 Å². The van der Waals surface area contributed by atoms with Gasteiger partial charge in [0.05, 0.1) is 0 Å². The van der Waals surface area contributed by atoms with E-state index in [2.05, 4.69) is 24.1 Å². The number of nitrogens with zero attached hydrogens (tertiary/aromatic N) is 1. The summed E-state index contributed by atoms with van der Waals surface area (Å²) in [6.45, 7) is 8.34. The fourth-order valence-corrected chi connectivity index (χ4v) is 2.85. The number of aromatic nitrogens is 1. The molecule has 0 aromatic carbocycles. The molecular formula is C14H22N2O4S. The SMILES string of the molecule is CCN[C@H](C[C@@H](OC(C)=O)c1nc(C(=O)O)cs1)C(C)C. The van der Waals surface area contributed by atoms with Crippen molar-refractivity contribution in [2.45, 2.75) is 46.3 Å². The van der Waals surface area contributed by atoms with Crippen LogP contribution in [0.3, 0.4) is 0 Å².